The predicted molar refractivity (Wildman–Crippen MR) is 67.8 cm³/mol. The van der Waals surface area contributed by atoms with Crippen molar-refractivity contribution in [2.24, 2.45) is 0 Å². The second kappa shape index (κ2) is 6.21. The molecule has 3 amide bonds. The molecule has 0 unspecified atom stereocenters. The Morgan fingerprint density at radius 1 is 1.53 bits per heavy atom. The van der Waals surface area contributed by atoms with Gasteiger partial charge in [-0.05, 0) is 6.92 Å². The van der Waals surface area contributed by atoms with Crippen LogP contribution in [0.25, 0.3) is 0 Å². The molecule has 7 nitrogen and oxygen atoms in total. The van der Waals surface area contributed by atoms with Gasteiger partial charge >= 0.3 is 6.03 Å². The molecule has 0 saturated carbocycles. The van der Waals surface area contributed by atoms with Crippen molar-refractivity contribution in [2.45, 2.75) is 19.1 Å². The highest BCUT2D eigenvalue weighted by molar-refractivity contribution is 5.79. The van der Waals surface area contributed by atoms with Crippen molar-refractivity contribution in [1.82, 2.24) is 15.1 Å². The molecular formula is C12H21N3O4. The number of carbonyl (C=O) groups is 2. The van der Waals surface area contributed by atoms with E-state index < -0.39 is 0 Å². The van der Waals surface area contributed by atoms with E-state index >= 15 is 0 Å². The number of hydrogen-bond acceptors (Lipinski definition) is 4. The topological polar surface area (TPSA) is 71.1 Å². The summed E-state index contributed by atoms with van der Waals surface area (Å²) in [5, 5.41) is 2.77. The van der Waals surface area contributed by atoms with E-state index in [2.05, 4.69) is 5.32 Å². The second-order valence-electron chi connectivity index (χ2n) is 4.74. The molecule has 1 N–H and O–H groups in total. The molecule has 0 aromatic rings. The van der Waals surface area contributed by atoms with Crippen LogP contribution in [0.3, 0.4) is 0 Å². The van der Waals surface area contributed by atoms with Crippen LogP contribution < -0.4 is 5.32 Å². The largest absolute Gasteiger partial charge is 0.383 e. The number of ether oxygens (including phenoxy) is 2. The van der Waals surface area contributed by atoms with Crippen LogP contribution in [0.2, 0.25) is 0 Å². The Morgan fingerprint density at radius 3 is 3.00 bits per heavy atom. The van der Waals surface area contributed by atoms with E-state index in [0.717, 1.165) is 0 Å². The Bertz CT molecular complexity index is 350. The zero-order valence-corrected chi connectivity index (χ0v) is 11.4. The van der Waals surface area contributed by atoms with Crippen molar-refractivity contribution < 1.29 is 19.1 Å². The third kappa shape index (κ3) is 2.98. The van der Waals surface area contributed by atoms with Gasteiger partial charge in [0.1, 0.15) is 6.61 Å². The third-order valence-electron chi connectivity index (χ3n) is 3.53. The van der Waals surface area contributed by atoms with Crippen molar-refractivity contribution in [3.63, 3.8) is 0 Å². The van der Waals surface area contributed by atoms with Gasteiger partial charge in [-0.1, -0.05) is 0 Å². The van der Waals surface area contributed by atoms with E-state index in [9.17, 15) is 9.59 Å². The molecule has 0 aromatic heterocycles. The molecule has 0 aromatic carbocycles. The number of likely N-dealkylation sites (tertiary alicyclic amines) is 1. The molecular weight excluding hydrogens is 250 g/mol. The minimum absolute atomic E-state index is 0.0314. The fourth-order valence-corrected chi connectivity index (χ4v) is 2.58. The van der Waals surface area contributed by atoms with Crippen LogP contribution in [0.5, 0.6) is 0 Å². The summed E-state index contributed by atoms with van der Waals surface area (Å²) in [5.41, 5.74) is 0. The van der Waals surface area contributed by atoms with Gasteiger partial charge in [-0.2, -0.15) is 0 Å². The Hall–Kier alpha value is -1.34. The molecule has 0 radical (unpaired) electrons. The first-order chi connectivity index (χ1) is 9.17. The standard InChI is InChI=1S/C12H21N3O4/c1-3-13-12(17)14-6-9-10(7-14)19-8-11(16)15(9)4-5-18-2/h9-10H,3-8H2,1-2H3,(H,13,17)/t9-,10+/m1/s1. The average molecular weight is 271 g/mol. The number of methoxy groups -OCH3 is 1. The molecule has 0 bridgehead atoms. The molecule has 2 heterocycles. The van der Waals surface area contributed by atoms with Crippen LogP contribution in [-0.2, 0) is 14.3 Å². The van der Waals surface area contributed by atoms with E-state index in [0.29, 0.717) is 32.8 Å². The summed E-state index contributed by atoms with van der Waals surface area (Å²) < 4.78 is 10.6. The number of amides is 3. The normalized spacial score (nSPS) is 26.5. The summed E-state index contributed by atoms with van der Waals surface area (Å²) >= 11 is 0. The van der Waals surface area contributed by atoms with Gasteiger partial charge in [0.15, 0.2) is 0 Å². The Labute approximate surface area is 112 Å². The number of hydrogen-bond donors (Lipinski definition) is 1. The summed E-state index contributed by atoms with van der Waals surface area (Å²) in [6, 6.07) is -0.154. The number of urea groups is 1. The molecule has 2 rings (SSSR count). The monoisotopic (exact) mass is 271 g/mol. The molecule has 0 aliphatic carbocycles. The van der Waals surface area contributed by atoms with Crippen LogP contribution in [0.1, 0.15) is 6.92 Å². The van der Waals surface area contributed by atoms with E-state index in [1.54, 1.807) is 16.9 Å². The van der Waals surface area contributed by atoms with Crippen molar-refractivity contribution in [1.29, 1.82) is 0 Å². The lowest BCUT2D eigenvalue weighted by atomic mass is 10.1. The molecule has 2 saturated heterocycles. The van der Waals surface area contributed by atoms with Gasteiger partial charge in [-0.25, -0.2) is 4.79 Å². The van der Waals surface area contributed by atoms with E-state index in [1.807, 2.05) is 6.92 Å². The van der Waals surface area contributed by atoms with Gasteiger partial charge in [0.25, 0.3) is 0 Å². The fourth-order valence-electron chi connectivity index (χ4n) is 2.58. The molecule has 7 heteroatoms. The Morgan fingerprint density at radius 2 is 2.32 bits per heavy atom. The number of nitrogens with zero attached hydrogens (tertiary/aromatic N) is 2. The molecule has 19 heavy (non-hydrogen) atoms. The number of rotatable bonds is 4. The fraction of sp³-hybridized carbons (Fsp3) is 0.833. The van der Waals surface area contributed by atoms with Crippen molar-refractivity contribution in [3.8, 4) is 0 Å². The smallest absolute Gasteiger partial charge is 0.317 e. The van der Waals surface area contributed by atoms with Crippen LogP contribution in [-0.4, -0.2) is 80.4 Å². The second-order valence-corrected chi connectivity index (χ2v) is 4.74. The highest BCUT2D eigenvalue weighted by atomic mass is 16.5. The molecule has 2 aliphatic rings. The number of fused-ring (bicyclic) bond motifs is 1. The molecule has 108 valence electrons. The predicted octanol–water partition coefficient (Wildman–Crippen LogP) is -0.726. The van der Waals surface area contributed by atoms with Gasteiger partial charge < -0.3 is 24.6 Å². The van der Waals surface area contributed by atoms with Gasteiger partial charge in [0.2, 0.25) is 5.91 Å². The van der Waals surface area contributed by atoms with Gasteiger partial charge in [0.05, 0.1) is 25.3 Å². The lowest BCUT2D eigenvalue weighted by Gasteiger charge is -2.36. The van der Waals surface area contributed by atoms with Gasteiger partial charge in [-0.15, -0.1) is 0 Å². The van der Waals surface area contributed by atoms with Gasteiger partial charge in [-0.3, -0.25) is 4.79 Å². The molecule has 2 aliphatic heterocycles. The maximum atomic E-state index is 11.9. The average Bonchev–Trinajstić information content (AvgIpc) is 2.82. The summed E-state index contributed by atoms with van der Waals surface area (Å²) in [7, 11) is 1.61. The summed E-state index contributed by atoms with van der Waals surface area (Å²) in [5.74, 6) is -0.0314. The van der Waals surface area contributed by atoms with Crippen LogP contribution in [0, 0.1) is 0 Å². The van der Waals surface area contributed by atoms with Crippen molar-refractivity contribution in [2.75, 3.05) is 46.5 Å². The molecule has 2 atom stereocenters. The van der Waals surface area contributed by atoms with Crippen LogP contribution in [0.15, 0.2) is 0 Å². The van der Waals surface area contributed by atoms with Crippen LogP contribution >= 0.6 is 0 Å². The number of morpholine rings is 1. The van der Waals surface area contributed by atoms with E-state index in [-0.39, 0.29) is 30.7 Å². The van der Waals surface area contributed by atoms with Crippen LogP contribution in [0.4, 0.5) is 4.79 Å². The zero-order valence-electron chi connectivity index (χ0n) is 11.4. The summed E-state index contributed by atoms with van der Waals surface area (Å²) in [6.07, 6.45) is -0.0860. The highest BCUT2D eigenvalue weighted by Gasteiger charge is 2.44. The lowest BCUT2D eigenvalue weighted by Crippen LogP contribution is -2.54. The maximum absolute atomic E-state index is 11.9. The minimum atomic E-state index is -0.0976. The first-order valence-electron chi connectivity index (χ1n) is 6.60. The van der Waals surface area contributed by atoms with E-state index in [4.69, 9.17) is 9.47 Å². The first-order valence-corrected chi connectivity index (χ1v) is 6.60. The third-order valence-corrected chi connectivity index (χ3v) is 3.53. The zero-order chi connectivity index (χ0) is 13.8. The molecule has 2 fully saturated rings. The first kappa shape index (κ1) is 14.1. The van der Waals surface area contributed by atoms with Crippen molar-refractivity contribution in [3.05, 3.63) is 0 Å². The number of carbonyl (C=O) groups excluding carboxylic acids is 2. The van der Waals surface area contributed by atoms with Gasteiger partial charge in [0, 0.05) is 26.7 Å². The summed E-state index contributed by atoms with van der Waals surface area (Å²) in [6.45, 7) is 4.66. The Kier molecular flexibility index (Phi) is 4.60. The Balaban J connectivity index is 2.00. The van der Waals surface area contributed by atoms with E-state index in [1.165, 1.54) is 0 Å². The highest BCUT2D eigenvalue weighted by Crippen LogP contribution is 2.23. The lowest BCUT2D eigenvalue weighted by molar-refractivity contribution is -0.153. The molecule has 0 spiro atoms. The maximum Gasteiger partial charge on any atom is 0.317 e. The number of nitrogens with one attached hydrogen (secondary N) is 1. The SMILES string of the molecule is CCNC(=O)N1C[C@@H]2OCC(=O)N(CCOC)[C@@H]2C1. The van der Waals surface area contributed by atoms with Crippen molar-refractivity contribution >= 4 is 11.9 Å². The minimum Gasteiger partial charge on any atom is -0.383 e. The quantitative estimate of drug-likeness (QED) is 0.732. The summed E-state index contributed by atoms with van der Waals surface area (Å²) in [4.78, 5) is 27.2.